The van der Waals surface area contributed by atoms with Crippen molar-refractivity contribution in [3.63, 3.8) is 0 Å². The van der Waals surface area contributed by atoms with Crippen molar-refractivity contribution in [2.24, 2.45) is 0 Å². The quantitative estimate of drug-likeness (QED) is 0.926. The molecular formula is C17H19N3O4. The first-order valence-corrected chi connectivity index (χ1v) is 8.15. The van der Waals surface area contributed by atoms with E-state index in [-0.39, 0.29) is 24.7 Å². The van der Waals surface area contributed by atoms with Crippen LogP contribution in [0.25, 0.3) is 0 Å². The summed E-state index contributed by atoms with van der Waals surface area (Å²) in [5, 5.41) is 10.7. The lowest BCUT2D eigenvalue weighted by Gasteiger charge is -2.31. The van der Waals surface area contributed by atoms with Crippen LogP contribution in [0, 0.1) is 6.92 Å². The second-order valence-electron chi connectivity index (χ2n) is 6.38. The van der Waals surface area contributed by atoms with Crippen LogP contribution in [0.5, 0.6) is 11.5 Å². The number of carbonyl (C=O) groups is 1. The van der Waals surface area contributed by atoms with Crippen LogP contribution in [0.15, 0.2) is 22.8 Å². The lowest BCUT2D eigenvalue weighted by atomic mass is 9.87. The van der Waals surface area contributed by atoms with Crippen molar-refractivity contribution in [2.75, 3.05) is 6.79 Å². The average Bonchev–Trinajstić information content (AvgIpc) is 3.29. The molecule has 0 unspecified atom stereocenters. The first-order chi connectivity index (χ1) is 11.7. The second-order valence-corrected chi connectivity index (χ2v) is 6.38. The molecule has 1 amide bonds. The molecule has 2 heterocycles. The topological polar surface area (TPSA) is 86.5 Å². The van der Waals surface area contributed by atoms with Crippen LogP contribution in [0.4, 0.5) is 0 Å². The van der Waals surface area contributed by atoms with Crippen LogP contribution in [-0.2, 0) is 16.8 Å². The fourth-order valence-electron chi connectivity index (χ4n) is 3.53. The van der Waals surface area contributed by atoms with Crippen LogP contribution in [-0.4, -0.2) is 23.0 Å². The molecule has 24 heavy (non-hydrogen) atoms. The van der Waals surface area contributed by atoms with Crippen molar-refractivity contribution in [3.8, 4) is 11.5 Å². The molecule has 0 saturated heterocycles. The largest absolute Gasteiger partial charge is 0.454 e. The van der Waals surface area contributed by atoms with Crippen molar-refractivity contribution < 1.29 is 18.9 Å². The minimum absolute atomic E-state index is 0.0756. The molecule has 7 heteroatoms. The maximum atomic E-state index is 12.6. The summed E-state index contributed by atoms with van der Waals surface area (Å²) in [5.74, 6) is 1.42. The molecule has 1 saturated carbocycles. The van der Waals surface area contributed by atoms with Crippen LogP contribution in [0.2, 0.25) is 0 Å². The maximum Gasteiger partial charge on any atom is 0.231 e. The summed E-state index contributed by atoms with van der Waals surface area (Å²) in [6.45, 7) is 2.03. The third-order valence-electron chi connectivity index (χ3n) is 4.84. The lowest BCUT2D eigenvalue weighted by molar-refractivity contribution is -0.122. The molecule has 0 bridgehead atoms. The number of fused-ring (bicyclic) bond motifs is 1. The van der Waals surface area contributed by atoms with Gasteiger partial charge < -0.3 is 14.8 Å². The first-order valence-electron chi connectivity index (χ1n) is 8.15. The molecule has 1 aromatic carbocycles. The number of nitrogens with one attached hydrogen (secondary N) is 1. The molecule has 2 aromatic rings. The molecule has 4 rings (SSSR count). The molecule has 0 atom stereocenters. The fourth-order valence-corrected chi connectivity index (χ4v) is 3.53. The normalized spacial score (nSPS) is 17.9. The summed E-state index contributed by atoms with van der Waals surface area (Å²) in [6, 6.07) is 5.91. The monoisotopic (exact) mass is 329 g/mol. The summed E-state index contributed by atoms with van der Waals surface area (Å²) >= 11 is 0. The predicted octanol–water partition coefficient (Wildman–Crippen LogP) is 2.23. The zero-order chi connectivity index (χ0) is 16.6. The summed E-state index contributed by atoms with van der Waals surface area (Å²) < 4.78 is 15.5. The van der Waals surface area contributed by atoms with Crippen LogP contribution >= 0.6 is 0 Å². The Hall–Kier alpha value is -2.57. The number of ether oxygens (including phenoxy) is 2. The highest BCUT2D eigenvalue weighted by molar-refractivity contribution is 5.79. The van der Waals surface area contributed by atoms with Crippen molar-refractivity contribution in [1.29, 1.82) is 0 Å². The van der Waals surface area contributed by atoms with Gasteiger partial charge in [-0.25, -0.2) is 4.63 Å². The molecule has 1 aliphatic carbocycles. The van der Waals surface area contributed by atoms with Gasteiger partial charge in [-0.15, -0.1) is 0 Å². The average molecular weight is 329 g/mol. The van der Waals surface area contributed by atoms with E-state index in [9.17, 15) is 4.79 Å². The Kier molecular flexibility index (Phi) is 3.63. The molecule has 126 valence electrons. The summed E-state index contributed by atoms with van der Waals surface area (Å²) in [6.07, 6.45) is 4.16. The van der Waals surface area contributed by atoms with E-state index in [1.54, 1.807) is 6.92 Å². The van der Waals surface area contributed by atoms with Crippen molar-refractivity contribution in [3.05, 3.63) is 35.2 Å². The molecule has 1 fully saturated rings. The maximum absolute atomic E-state index is 12.6. The highest BCUT2D eigenvalue weighted by atomic mass is 16.7. The third-order valence-corrected chi connectivity index (χ3v) is 4.84. The molecule has 1 aromatic heterocycles. The minimum atomic E-state index is -0.358. The van der Waals surface area contributed by atoms with E-state index < -0.39 is 0 Å². The van der Waals surface area contributed by atoms with E-state index in [1.165, 1.54) is 0 Å². The molecule has 2 aliphatic rings. The van der Waals surface area contributed by atoms with Gasteiger partial charge in [-0.1, -0.05) is 29.2 Å². The Bertz CT molecular complexity index is 765. The fraction of sp³-hybridized carbons (Fsp3) is 0.471. The van der Waals surface area contributed by atoms with E-state index in [1.807, 2.05) is 18.2 Å². The minimum Gasteiger partial charge on any atom is -0.454 e. The Morgan fingerprint density at radius 3 is 2.75 bits per heavy atom. The Morgan fingerprint density at radius 1 is 1.21 bits per heavy atom. The SMILES string of the molecule is Cc1nonc1CC(=O)NC1(c2ccc3c(c2)OCO3)CCCC1. The van der Waals surface area contributed by atoms with E-state index in [4.69, 9.17) is 9.47 Å². The number of hydrogen-bond donors (Lipinski definition) is 1. The van der Waals surface area contributed by atoms with E-state index in [0.29, 0.717) is 11.4 Å². The molecule has 0 spiro atoms. The van der Waals surface area contributed by atoms with Gasteiger partial charge in [-0.05, 0) is 37.5 Å². The van der Waals surface area contributed by atoms with Crippen molar-refractivity contribution >= 4 is 5.91 Å². The number of hydrogen-bond acceptors (Lipinski definition) is 6. The van der Waals surface area contributed by atoms with Gasteiger partial charge in [-0.3, -0.25) is 4.79 Å². The lowest BCUT2D eigenvalue weighted by Crippen LogP contribution is -2.44. The van der Waals surface area contributed by atoms with Crippen molar-refractivity contribution in [2.45, 2.75) is 44.6 Å². The van der Waals surface area contributed by atoms with E-state index in [0.717, 1.165) is 42.7 Å². The summed E-state index contributed by atoms with van der Waals surface area (Å²) in [7, 11) is 0. The summed E-state index contributed by atoms with van der Waals surface area (Å²) in [4.78, 5) is 12.6. The molecular weight excluding hydrogens is 310 g/mol. The number of benzene rings is 1. The number of aromatic nitrogens is 2. The van der Waals surface area contributed by atoms with Gasteiger partial charge in [0, 0.05) is 0 Å². The Balaban J connectivity index is 1.57. The van der Waals surface area contributed by atoms with Gasteiger partial charge in [0.25, 0.3) is 0 Å². The number of amides is 1. The van der Waals surface area contributed by atoms with E-state index in [2.05, 4.69) is 20.3 Å². The summed E-state index contributed by atoms with van der Waals surface area (Å²) in [5.41, 5.74) is 1.93. The zero-order valence-corrected chi connectivity index (χ0v) is 13.5. The molecule has 1 aliphatic heterocycles. The third kappa shape index (κ3) is 2.60. The number of nitrogens with zero attached hydrogens (tertiary/aromatic N) is 2. The highest BCUT2D eigenvalue weighted by Crippen LogP contribution is 2.42. The van der Waals surface area contributed by atoms with Gasteiger partial charge in [0.05, 0.1) is 12.0 Å². The first kappa shape index (κ1) is 15.0. The predicted molar refractivity (Wildman–Crippen MR) is 83.6 cm³/mol. The molecule has 7 nitrogen and oxygen atoms in total. The zero-order valence-electron chi connectivity index (χ0n) is 13.5. The van der Waals surface area contributed by atoms with Gasteiger partial charge >= 0.3 is 0 Å². The van der Waals surface area contributed by atoms with E-state index >= 15 is 0 Å². The highest BCUT2D eigenvalue weighted by Gasteiger charge is 2.38. The van der Waals surface area contributed by atoms with Crippen molar-refractivity contribution in [1.82, 2.24) is 15.6 Å². The van der Waals surface area contributed by atoms with Crippen LogP contribution in [0.1, 0.15) is 42.6 Å². The van der Waals surface area contributed by atoms with Gasteiger partial charge in [-0.2, -0.15) is 0 Å². The molecule has 1 N–H and O–H groups in total. The smallest absolute Gasteiger partial charge is 0.231 e. The number of rotatable bonds is 4. The van der Waals surface area contributed by atoms with Crippen LogP contribution in [0.3, 0.4) is 0 Å². The molecule has 0 radical (unpaired) electrons. The number of carbonyl (C=O) groups excluding carboxylic acids is 1. The Morgan fingerprint density at radius 2 is 2.00 bits per heavy atom. The van der Waals surface area contributed by atoms with Gasteiger partial charge in [0.15, 0.2) is 11.5 Å². The van der Waals surface area contributed by atoms with Gasteiger partial charge in [0.2, 0.25) is 12.7 Å². The van der Waals surface area contributed by atoms with Gasteiger partial charge in [0.1, 0.15) is 11.4 Å². The standard InChI is InChI=1S/C17H19N3O4/c1-11-13(20-24-19-11)9-16(21)18-17(6-2-3-7-17)12-4-5-14-15(8-12)23-10-22-14/h4-5,8H,2-3,6-7,9-10H2,1H3,(H,18,21). The number of aryl methyl sites for hydroxylation is 1. The van der Waals surface area contributed by atoms with Crippen LogP contribution < -0.4 is 14.8 Å². The second kappa shape index (κ2) is 5.81. The Labute approximate surface area is 139 Å².